The lowest BCUT2D eigenvalue weighted by molar-refractivity contribution is -0.136. The van der Waals surface area contributed by atoms with Gasteiger partial charge in [0, 0.05) is 37.4 Å². The van der Waals surface area contributed by atoms with Crippen LogP contribution in [0, 0.1) is 13.8 Å². The summed E-state index contributed by atoms with van der Waals surface area (Å²) in [6, 6.07) is 9.94. The summed E-state index contributed by atoms with van der Waals surface area (Å²) in [6.45, 7) is 12.1. The topological polar surface area (TPSA) is 58.6 Å². The van der Waals surface area contributed by atoms with Gasteiger partial charge >= 0.3 is 0 Å². The lowest BCUT2D eigenvalue weighted by Gasteiger charge is -2.27. The van der Waals surface area contributed by atoms with E-state index in [2.05, 4.69) is 30.7 Å². The summed E-state index contributed by atoms with van der Waals surface area (Å²) in [7, 11) is 0. The minimum atomic E-state index is 0.0573. The number of ether oxygens (including phenoxy) is 1. The Labute approximate surface area is 173 Å². The number of rotatable bonds is 6. The fourth-order valence-corrected chi connectivity index (χ4v) is 3.92. The zero-order valence-electron chi connectivity index (χ0n) is 18.0. The second-order valence-corrected chi connectivity index (χ2v) is 7.95. The van der Waals surface area contributed by atoms with Crippen LogP contribution in [-0.2, 0) is 16.1 Å². The molecule has 0 saturated carbocycles. The quantitative estimate of drug-likeness (QED) is 0.748. The Morgan fingerprint density at radius 1 is 1.07 bits per heavy atom. The number of hydrogen-bond acceptors (Lipinski definition) is 5. The number of carbonyl (C=O) groups excluding carboxylic acids is 1. The Balaban J connectivity index is 1.60. The molecule has 1 aromatic carbocycles. The highest BCUT2D eigenvalue weighted by Gasteiger charge is 2.23. The number of carbonyl (C=O) groups is 1. The van der Waals surface area contributed by atoms with E-state index >= 15 is 0 Å². The summed E-state index contributed by atoms with van der Waals surface area (Å²) in [5, 5.41) is 0. The van der Waals surface area contributed by atoms with Gasteiger partial charge in [-0.25, -0.2) is 9.97 Å². The normalized spacial score (nSPS) is 14.9. The molecule has 2 aromatic rings. The van der Waals surface area contributed by atoms with Crippen LogP contribution >= 0.6 is 0 Å². The summed E-state index contributed by atoms with van der Waals surface area (Å²) in [4.78, 5) is 26.2. The van der Waals surface area contributed by atoms with Crippen molar-refractivity contribution in [1.29, 1.82) is 0 Å². The molecule has 0 spiro atoms. The van der Waals surface area contributed by atoms with Crippen LogP contribution in [0.5, 0.6) is 0 Å². The Hall–Kier alpha value is -2.47. The minimum Gasteiger partial charge on any atom is -0.367 e. The van der Waals surface area contributed by atoms with Crippen LogP contribution in [0.25, 0.3) is 0 Å². The molecule has 29 heavy (non-hydrogen) atoms. The summed E-state index contributed by atoms with van der Waals surface area (Å²) in [6.07, 6.45) is 0.921. The van der Waals surface area contributed by atoms with E-state index in [9.17, 15) is 4.79 Å². The number of amides is 1. The van der Waals surface area contributed by atoms with Crippen LogP contribution in [0.3, 0.4) is 0 Å². The van der Waals surface area contributed by atoms with Crippen LogP contribution in [-0.4, -0.2) is 53.6 Å². The zero-order valence-corrected chi connectivity index (χ0v) is 18.0. The van der Waals surface area contributed by atoms with E-state index in [1.54, 1.807) is 0 Å². The molecule has 1 fully saturated rings. The van der Waals surface area contributed by atoms with Crippen molar-refractivity contribution in [3.8, 4) is 0 Å². The largest absolute Gasteiger partial charge is 0.367 e. The highest BCUT2D eigenvalue weighted by Crippen LogP contribution is 2.28. The van der Waals surface area contributed by atoms with E-state index in [4.69, 9.17) is 9.72 Å². The van der Waals surface area contributed by atoms with Crippen molar-refractivity contribution in [2.24, 2.45) is 0 Å². The molecule has 1 aliphatic rings. The van der Waals surface area contributed by atoms with Gasteiger partial charge in [0.25, 0.3) is 0 Å². The van der Waals surface area contributed by atoms with E-state index in [1.165, 1.54) is 5.56 Å². The van der Waals surface area contributed by atoms with Gasteiger partial charge in [-0.1, -0.05) is 44.2 Å². The number of benzene rings is 1. The molecule has 0 aliphatic carbocycles. The first kappa shape index (κ1) is 21.2. The summed E-state index contributed by atoms with van der Waals surface area (Å²) < 4.78 is 5.64. The predicted molar refractivity (Wildman–Crippen MR) is 115 cm³/mol. The SMILES string of the molecule is Cc1nc(C)c(C(C)C)c(N2CCCN(C(=O)COCc3ccccc3)CC2)n1. The summed E-state index contributed by atoms with van der Waals surface area (Å²) >= 11 is 0. The van der Waals surface area contributed by atoms with Gasteiger partial charge in [-0.05, 0) is 31.7 Å². The molecule has 3 rings (SSSR count). The van der Waals surface area contributed by atoms with Crippen molar-refractivity contribution in [3.63, 3.8) is 0 Å². The molecule has 6 nitrogen and oxygen atoms in total. The molecule has 0 unspecified atom stereocenters. The third-order valence-corrected chi connectivity index (χ3v) is 5.29. The van der Waals surface area contributed by atoms with Crippen molar-refractivity contribution in [1.82, 2.24) is 14.9 Å². The highest BCUT2D eigenvalue weighted by molar-refractivity contribution is 5.77. The number of hydrogen-bond donors (Lipinski definition) is 0. The van der Waals surface area contributed by atoms with Gasteiger partial charge in [-0.2, -0.15) is 0 Å². The van der Waals surface area contributed by atoms with Gasteiger partial charge in [-0.3, -0.25) is 4.79 Å². The average molecular weight is 397 g/mol. The van der Waals surface area contributed by atoms with Gasteiger partial charge in [-0.15, -0.1) is 0 Å². The Morgan fingerprint density at radius 2 is 1.83 bits per heavy atom. The number of anilines is 1. The highest BCUT2D eigenvalue weighted by atomic mass is 16.5. The first-order valence-corrected chi connectivity index (χ1v) is 10.4. The van der Waals surface area contributed by atoms with Crippen molar-refractivity contribution in [3.05, 3.63) is 53.0 Å². The first-order valence-electron chi connectivity index (χ1n) is 10.4. The summed E-state index contributed by atoms with van der Waals surface area (Å²) in [5.74, 6) is 2.24. The van der Waals surface area contributed by atoms with E-state index < -0.39 is 0 Å². The molecule has 0 radical (unpaired) electrons. The smallest absolute Gasteiger partial charge is 0.248 e. The van der Waals surface area contributed by atoms with Crippen LogP contribution in [0.1, 0.15) is 48.8 Å². The fraction of sp³-hybridized carbons (Fsp3) is 0.522. The van der Waals surface area contributed by atoms with E-state index in [1.807, 2.05) is 42.2 Å². The lowest BCUT2D eigenvalue weighted by atomic mass is 10.0. The zero-order chi connectivity index (χ0) is 20.8. The van der Waals surface area contributed by atoms with Gasteiger partial charge in [0.1, 0.15) is 18.2 Å². The fourth-order valence-electron chi connectivity index (χ4n) is 3.92. The first-order chi connectivity index (χ1) is 14.0. The molecule has 1 amide bonds. The second-order valence-electron chi connectivity index (χ2n) is 7.95. The van der Waals surface area contributed by atoms with E-state index in [-0.39, 0.29) is 12.5 Å². The molecule has 156 valence electrons. The minimum absolute atomic E-state index is 0.0573. The van der Waals surface area contributed by atoms with Crippen LogP contribution in [0.4, 0.5) is 5.82 Å². The maximum atomic E-state index is 12.6. The van der Waals surface area contributed by atoms with Crippen LogP contribution in [0.15, 0.2) is 30.3 Å². The monoisotopic (exact) mass is 396 g/mol. The molecule has 1 saturated heterocycles. The predicted octanol–water partition coefficient (Wildman–Crippen LogP) is 3.47. The van der Waals surface area contributed by atoms with Gasteiger partial charge in [0.05, 0.1) is 6.61 Å². The third-order valence-electron chi connectivity index (χ3n) is 5.29. The number of nitrogens with zero attached hydrogens (tertiary/aromatic N) is 4. The van der Waals surface area contributed by atoms with Gasteiger partial charge < -0.3 is 14.5 Å². The molecule has 6 heteroatoms. The second kappa shape index (κ2) is 9.83. The average Bonchev–Trinajstić information content (AvgIpc) is 2.94. The van der Waals surface area contributed by atoms with E-state index in [0.29, 0.717) is 19.1 Å². The third kappa shape index (κ3) is 5.54. The van der Waals surface area contributed by atoms with Gasteiger partial charge in [0.15, 0.2) is 0 Å². The molecule has 2 heterocycles. The van der Waals surface area contributed by atoms with Crippen molar-refractivity contribution < 1.29 is 9.53 Å². The van der Waals surface area contributed by atoms with Crippen LogP contribution < -0.4 is 4.90 Å². The van der Waals surface area contributed by atoms with Crippen molar-refractivity contribution >= 4 is 11.7 Å². The Kier molecular flexibility index (Phi) is 7.20. The van der Waals surface area contributed by atoms with Crippen LogP contribution in [0.2, 0.25) is 0 Å². The Bertz CT molecular complexity index is 823. The van der Waals surface area contributed by atoms with E-state index in [0.717, 1.165) is 49.0 Å². The number of aromatic nitrogens is 2. The Morgan fingerprint density at radius 3 is 2.55 bits per heavy atom. The maximum absolute atomic E-state index is 12.6. The molecular formula is C23H32N4O2. The molecule has 0 atom stereocenters. The maximum Gasteiger partial charge on any atom is 0.248 e. The van der Waals surface area contributed by atoms with Crippen molar-refractivity contribution in [2.75, 3.05) is 37.7 Å². The lowest BCUT2D eigenvalue weighted by Crippen LogP contribution is -2.37. The molecule has 1 aliphatic heterocycles. The number of aryl methyl sites for hydroxylation is 2. The van der Waals surface area contributed by atoms with Gasteiger partial charge in [0.2, 0.25) is 5.91 Å². The molecule has 0 bridgehead atoms. The van der Waals surface area contributed by atoms with Crippen molar-refractivity contribution in [2.45, 2.75) is 46.6 Å². The summed E-state index contributed by atoms with van der Waals surface area (Å²) in [5.41, 5.74) is 3.34. The molecule has 0 N–H and O–H groups in total. The molecular weight excluding hydrogens is 364 g/mol. The standard InChI is InChI=1S/C23H32N4O2/c1-17(2)22-18(3)24-19(4)25-23(22)27-12-8-11-26(13-14-27)21(28)16-29-15-20-9-6-5-7-10-20/h5-7,9-10,17H,8,11-16H2,1-4H3. The molecule has 1 aromatic heterocycles.